The van der Waals surface area contributed by atoms with Crippen LogP contribution in [0.3, 0.4) is 0 Å². The smallest absolute Gasteiger partial charge is 0.394 e. The summed E-state index contributed by atoms with van der Waals surface area (Å²) in [6.45, 7) is -1.70. The molecule has 27 heavy (non-hydrogen) atoms. The van der Waals surface area contributed by atoms with Crippen molar-refractivity contribution in [3.63, 3.8) is 0 Å². The fourth-order valence-corrected chi connectivity index (χ4v) is 3.01. The van der Waals surface area contributed by atoms with Gasteiger partial charge in [-0.1, -0.05) is 0 Å². The first-order valence-electron chi connectivity index (χ1n) is 7.73. The molecule has 0 bridgehead atoms. The molecule has 0 spiro atoms. The number of rotatable bonds is 6. The van der Waals surface area contributed by atoms with Gasteiger partial charge in [0.25, 0.3) is 0 Å². The first kappa shape index (κ1) is 22.8. The minimum atomic E-state index is -4.88. The molecule has 0 saturated carbocycles. The highest BCUT2D eigenvalue weighted by atomic mass is 32.3. The number of aliphatic hydroxyl groups excluding tert-OH is 7. The predicted octanol–water partition coefficient (Wildman–Crippen LogP) is -5.57. The molecule has 160 valence electrons. The maximum Gasteiger partial charge on any atom is 0.397 e. The lowest BCUT2D eigenvalue weighted by atomic mass is 9.97. The molecule has 0 radical (unpaired) electrons. The fraction of sp³-hybridized carbons (Fsp3) is 1.00. The average molecular weight is 422 g/mol. The van der Waals surface area contributed by atoms with Crippen LogP contribution in [0.1, 0.15) is 0 Å². The van der Waals surface area contributed by atoms with Crippen LogP contribution in [0, 0.1) is 0 Å². The third-order valence-corrected chi connectivity index (χ3v) is 4.62. The Bertz CT molecular complexity index is 583. The van der Waals surface area contributed by atoms with Crippen molar-refractivity contribution in [3.05, 3.63) is 0 Å². The molecule has 0 unspecified atom stereocenters. The van der Waals surface area contributed by atoms with Gasteiger partial charge < -0.3 is 50.0 Å². The first-order valence-corrected chi connectivity index (χ1v) is 9.10. The predicted molar refractivity (Wildman–Crippen MR) is 79.0 cm³/mol. The zero-order chi connectivity index (χ0) is 20.5. The van der Waals surface area contributed by atoms with E-state index >= 15 is 0 Å². The molecule has 0 amide bonds. The topological polar surface area (TPSA) is 233 Å². The van der Waals surface area contributed by atoms with E-state index in [4.69, 9.17) is 23.9 Å². The molecule has 0 aromatic heterocycles. The molecular weight excluding hydrogens is 400 g/mol. The molecule has 2 fully saturated rings. The first-order chi connectivity index (χ1) is 12.5. The van der Waals surface area contributed by atoms with E-state index in [0.717, 1.165) is 0 Å². The summed E-state index contributed by atoms with van der Waals surface area (Å²) in [5.41, 5.74) is 0. The molecule has 8 N–H and O–H groups in total. The quantitative estimate of drug-likeness (QED) is 0.186. The van der Waals surface area contributed by atoms with Crippen LogP contribution in [0.4, 0.5) is 0 Å². The second-order valence-electron chi connectivity index (χ2n) is 6.06. The van der Waals surface area contributed by atoms with Gasteiger partial charge in [0.15, 0.2) is 12.6 Å². The van der Waals surface area contributed by atoms with Gasteiger partial charge in [0.05, 0.1) is 13.2 Å². The highest BCUT2D eigenvalue weighted by molar-refractivity contribution is 7.80. The highest BCUT2D eigenvalue weighted by Crippen LogP contribution is 2.28. The molecule has 0 aromatic rings. The lowest BCUT2D eigenvalue weighted by Crippen LogP contribution is -2.64. The SMILES string of the molecule is O=S(=O)(O)OC[C@H]1O[C@@H](O)[C@H](O)[C@@H](O[C@@H]2O[C@H](CO)[C@H](O)[C@H](O)[C@H]2O)[C@H]1O. The normalized spacial score (nSPS) is 46.4. The molecule has 0 aromatic carbocycles. The Morgan fingerprint density at radius 3 is 2.00 bits per heavy atom. The van der Waals surface area contributed by atoms with Crippen molar-refractivity contribution in [3.8, 4) is 0 Å². The van der Waals surface area contributed by atoms with E-state index in [-0.39, 0.29) is 0 Å². The van der Waals surface area contributed by atoms with Gasteiger partial charge >= 0.3 is 10.4 Å². The van der Waals surface area contributed by atoms with Gasteiger partial charge in [0.1, 0.15) is 48.8 Å². The monoisotopic (exact) mass is 422 g/mol. The number of hydrogen-bond acceptors (Lipinski definition) is 13. The second-order valence-corrected chi connectivity index (χ2v) is 7.15. The van der Waals surface area contributed by atoms with Gasteiger partial charge in [0.2, 0.25) is 0 Å². The number of aliphatic hydroxyl groups is 7. The molecule has 2 heterocycles. The summed E-state index contributed by atoms with van der Waals surface area (Å²) in [6, 6.07) is 0. The van der Waals surface area contributed by atoms with E-state index in [2.05, 4.69) is 4.18 Å². The van der Waals surface area contributed by atoms with E-state index in [1.165, 1.54) is 0 Å². The largest absolute Gasteiger partial charge is 0.397 e. The second kappa shape index (κ2) is 8.87. The molecule has 14 nitrogen and oxygen atoms in total. The van der Waals surface area contributed by atoms with Crippen molar-refractivity contribution in [1.29, 1.82) is 0 Å². The number of hydrogen-bond donors (Lipinski definition) is 8. The lowest BCUT2D eigenvalue weighted by Gasteiger charge is -2.45. The Morgan fingerprint density at radius 2 is 1.44 bits per heavy atom. The Hall–Kier alpha value is -0.530. The Kier molecular flexibility index (Phi) is 7.47. The number of ether oxygens (including phenoxy) is 3. The molecule has 2 aliphatic heterocycles. The van der Waals surface area contributed by atoms with Crippen molar-refractivity contribution in [2.75, 3.05) is 13.2 Å². The van der Waals surface area contributed by atoms with Gasteiger partial charge in [-0.3, -0.25) is 4.55 Å². The van der Waals surface area contributed by atoms with E-state index < -0.39 is 85.0 Å². The van der Waals surface area contributed by atoms with Gasteiger partial charge in [-0.25, -0.2) is 4.18 Å². The molecule has 2 saturated heterocycles. The van der Waals surface area contributed by atoms with Crippen LogP contribution in [-0.4, -0.2) is 123 Å². The summed E-state index contributed by atoms with van der Waals surface area (Å²) in [5.74, 6) is 0. The summed E-state index contributed by atoms with van der Waals surface area (Å²) in [4.78, 5) is 0. The van der Waals surface area contributed by atoms with E-state index in [9.17, 15) is 39.1 Å². The van der Waals surface area contributed by atoms with Gasteiger partial charge in [-0.15, -0.1) is 0 Å². The molecular formula is C12H22O14S. The Balaban J connectivity index is 2.12. The zero-order valence-corrected chi connectivity index (χ0v) is 14.4. The maximum absolute atomic E-state index is 10.6. The highest BCUT2D eigenvalue weighted by Gasteiger charge is 2.50. The lowest BCUT2D eigenvalue weighted by molar-refractivity contribution is -0.355. The molecule has 15 heteroatoms. The van der Waals surface area contributed by atoms with Crippen LogP contribution in [0.5, 0.6) is 0 Å². The van der Waals surface area contributed by atoms with Crippen molar-refractivity contribution >= 4 is 10.4 Å². The molecule has 2 aliphatic rings. The van der Waals surface area contributed by atoms with E-state index in [1.54, 1.807) is 0 Å². The molecule has 0 aliphatic carbocycles. The summed E-state index contributed by atoms with van der Waals surface area (Å²) < 4.78 is 48.9. The Morgan fingerprint density at radius 1 is 0.815 bits per heavy atom. The van der Waals surface area contributed by atoms with Crippen LogP contribution < -0.4 is 0 Å². The van der Waals surface area contributed by atoms with Crippen molar-refractivity contribution < 1.29 is 67.1 Å². The van der Waals surface area contributed by atoms with Crippen LogP contribution in [0.25, 0.3) is 0 Å². The summed E-state index contributed by atoms with van der Waals surface area (Å²) >= 11 is 0. The van der Waals surface area contributed by atoms with Crippen molar-refractivity contribution in [2.45, 2.75) is 61.4 Å². The van der Waals surface area contributed by atoms with Crippen LogP contribution in [0.2, 0.25) is 0 Å². The fourth-order valence-electron chi connectivity index (χ4n) is 2.70. The third-order valence-electron chi connectivity index (χ3n) is 4.18. The summed E-state index contributed by atoms with van der Waals surface area (Å²) in [5, 5.41) is 68.3. The maximum atomic E-state index is 10.6. The van der Waals surface area contributed by atoms with Gasteiger partial charge in [-0.2, -0.15) is 8.42 Å². The summed E-state index contributed by atoms with van der Waals surface area (Å²) in [6.07, 6.45) is -17.4. The minimum Gasteiger partial charge on any atom is -0.394 e. The van der Waals surface area contributed by atoms with Gasteiger partial charge in [0, 0.05) is 0 Å². The molecule has 2 rings (SSSR count). The van der Waals surface area contributed by atoms with Crippen LogP contribution in [-0.2, 0) is 28.8 Å². The zero-order valence-electron chi connectivity index (χ0n) is 13.6. The Labute approximate surface area is 153 Å². The molecule has 10 atom stereocenters. The van der Waals surface area contributed by atoms with Crippen LogP contribution in [0.15, 0.2) is 0 Å². The van der Waals surface area contributed by atoms with Crippen molar-refractivity contribution in [2.24, 2.45) is 0 Å². The van der Waals surface area contributed by atoms with Gasteiger partial charge in [-0.05, 0) is 0 Å². The third kappa shape index (κ3) is 5.30. The standard InChI is InChI=1S/C12H22O14S/c13-1-3-5(14)7(16)8(17)12(25-3)26-10-6(15)4(2-23-27(20,21)22)24-11(19)9(10)18/h3-19H,1-2H2,(H,20,21,22)/t3-,4-,5+,6+,7+,8-,9-,10+,11-,12+/m1/s1. The summed E-state index contributed by atoms with van der Waals surface area (Å²) in [7, 11) is -4.88. The average Bonchev–Trinajstić information content (AvgIpc) is 2.59. The minimum absolute atomic E-state index is 0.753. The van der Waals surface area contributed by atoms with Crippen LogP contribution >= 0.6 is 0 Å². The van der Waals surface area contributed by atoms with E-state index in [0.29, 0.717) is 0 Å². The van der Waals surface area contributed by atoms with Crippen molar-refractivity contribution in [1.82, 2.24) is 0 Å². The van der Waals surface area contributed by atoms with E-state index in [1.807, 2.05) is 0 Å².